The number of benzene rings is 1. The number of ether oxygens (including phenoxy) is 1. The van der Waals surface area contributed by atoms with E-state index in [2.05, 4.69) is 20.5 Å². The summed E-state index contributed by atoms with van der Waals surface area (Å²) in [6.07, 6.45) is 3.89. The normalized spacial score (nSPS) is 15.7. The van der Waals surface area contributed by atoms with Crippen molar-refractivity contribution < 1.29 is 22.7 Å². The summed E-state index contributed by atoms with van der Waals surface area (Å²) >= 11 is 0. The van der Waals surface area contributed by atoms with Crippen molar-refractivity contribution in [3.8, 4) is 0 Å². The number of rotatable bonds is 8. The first kappa shape index (κ1) is 23.8. The minimum atomic E-state index is -3.74. The topological polar surface area (TPSA) is 144 Å². The first-order chi connectivity index (χ1) is 15.3. The minimum Gasteiger partial charge on any atom is -0.379 e. The Morgan fingerprint density at radius 3 is 2.41 bits per heavy atom. The van der Waals surface area contributed by atoms with Crippen LogP contribution in [0.4, 0.5) is 0 Å². The zero-order valence-corrected chi connectivity index (χ0v) is 18.4. The Bertz CT molecular complexity index is 1010. The summed E-state index contributed by atoms with van der Waals surface area (Å²) in [4.78, 5) is 30.9. The van der Waals surface area contributed by atoms with Crippen molar-refractivity contribution in [1.29, 1.82) is 0 Å². The molecule has 0 radical (unpaired) electrons. The average molecular weight is 462 g/mol. The van der Waals surface area contributed by atoms with Gasteiger partial charge >= 0.3 is 11.8 Å². The molecular weight excluding hydrogens is 434 g/mol. The Labute approximate surface area is 187 Å². The summed E-state index contributed by atoms with van der Waals surface area (Å²) in [5, 5.41) is 10.4. The van der Waals surface area contributed by atoms with Gasteiger partial charge in [-0.2, -0.15) is 0 Å². The summed E-state index contributed by atoms with van der Waals surface area (Å²) in [5.41, 5.74) is 1.76. The maximum absolute atomic E-state index is 12.3. The highest BCUT2D eigenvalue weighted by molar-refractivity contribution is 7.89. The summed E-state index contributed by atoms with van der Waals surface area (Å²) in [6, 6.07) is 9.72. The van der Waals surface area contributed by atoms with Crippen LogP contribution in [0.25, 0.3) is 0 Å². The predicted molar refractivity (Wildman–Crippen MR) is 117 cm³/mol. The van der Waals surface area contributed by atoms with E-state index in [0.717, 1.165) is 24.2 Å². The second-order valence-electron chi connectivity index (χ2n) is 7.36. The number of nitrogens with one attached hydrogen (secondary N) is 2. The molecule has 11 heteroatoms. The van der Waals surface area contributed by atoms with Gasteiger partial charge in [0.25, 0.3) is 0 Å². The average Bonchev–Trinajstić information content (AvgIpc) is 2.80. The molecule has 1 saturated heterocycles. The number of primary sulfonamides is 1. The molecule has 1 unspecified atom stereocenters. The summed E-state index contributed by atoms with van der Waals surface area (Å²) < 4.78 is 28.0. The molecule has 3 rings (SSSR count). The van der Waals surface area contributed by atoms with Crippen LogP contribution in [0.1, 0.15) is 17.2 Å². The number of morpholine rings is 1. The molecule has 0 aliphatic carbocycles. The van der Waals surface area contributed by atoms with Crippen molar-refractivity contribution in [3.05, 3.63) is 59.9 Å². The van der Waals surface area contributed by atoms with Crippen LogP contribution in [0.5, 0.6) is 0 Å². The van der Waals surface area contributed by atoms with Gasteiger partial charge in [0, 0.05) is 38.6 Å². The third-order valence-corrected chi connectivity index (χ3v) is 6.10. The van der Waals surface area contributed by atoms with Gasteiger partial charge in [-0.15, -0.1) is 0 Å². The maximum Gasteiger partial charge on any atom is 0.309 e. The molecule has 4 N–H and O–H groups in total. The van der Waals surface area contributed by atoms with Crippen molar-refractivity contribution in [1.82, 2.24) is 20.5 Å². The second kappa shape index (κ2) is 11.1. The van der Waals surface area contributed by atoms with Gasteiger partial charge in [-0.1, -0.05) is 18.2 Å². The number of pyridine rings is 1. The van der Waals surface area contributed by atoms with E-state index in [1.54, 1.807) is 24.5 Å². The lowest BCUT2D eigenvalue weighted by Gasteiger charge is -2.34. The van der Waals surface area contributed by atoms with Crippen molar-refractivity contribution in [2.75, 3.05) is 39.4 Å². The Hall–Kier alpha value is -2.86. The van der Waals surface area contributed by atoms with Crippen LogP contribution in [-0.2, 0) is 30.8 Å². The molecule has 2 amide bonds. The van der Waals surface area contributed by atoms with Gasteiger partial charge in [-0.25, -0.2) is 13.6 Å². The molecule has 2 heterocycles. The van der Waals surface area contributed by atoms with Gasteiger partial charge in [-0.05, 0) is 35.7 Å². The van der Waals surface area contributed by atoms with Crippen molar-refractivity contribution in [2.45, 2.75) is 17.4 Å². The number of carbonyl (C=O) groups is 2. The van der Waals surface area contributed by atoms with Gasteiger partial charge < -0.3 is 15.4 Å². The van der Waals surface area contributed by atoms with E-state index in [1.165, 1.54) is 12.1 Å². The maximum atomic E-state index is 12.3. The zero-order chi connectivity index (χ0) is 23.0. The number of nitrogens with two attached hydrogens (primary N) is 1. The van der Waals surface area contributed by atoms with Crippen LogP contribution in [0.3, 0.4) is 0 Å². The lowest BCUT2D eigenvalue weighted by Crippen LogP contribution is -2.47. The van der Waals surface area contributed by atoms with Crippen molar-refractivity contribution in [3.63, 3.8) is 0 Å². The zero-order valence-electron chi connectivity index (χ0n) is 17.6. The third-order valence-electron chi connectivity index (χ3n) is 5.17. The van der Waals surface area contributed by atoms with Crippen LogP contribution in [0, 0.1) is 0 Å². The van der Waals surface area contributed by atoms with E-state index in [4.69, 9.17) is 9.88 Å². The molecule has 0 spiro atoms. The number of hydrogen-bond acceptors (Lipinski definition) is 7. The number of aromatic nitrogens is 1. The summed E-state index contributed by atoms with van der Waals surface area (Å²) in [5.74, 6) is -1.44. The molecule has 172 valence electrons. The standard InChI is InChI=1S/C21H27N5O5S/c22-32(29,30)18-5-3-16(4-6-18)7-9-24-20(27)21(28)25-15-19(17-2-1-8-23-14-17)26-10-12-31-13-11-26/h1-6,8,14,19H,7,9-13,15H2,(H,24,27)(H,25,28)(H2,22,29,30). The van der Waals surface area contributed by atoms with E-state index >= 15 is 0 Å². The van der Waals surface area contributed by atoms with Gasteiger partial charge in [0.1, 0.15) is 0 Å². The highest BCUT2D eigenvalue weighted by Crippen LogP contribution is 2.20. The van der Waals surface area contributed by atoms with Crippen LogP contribution in [0.15, 0.2) is 53.7 Å². The van der Waals surface area contributed by atoms with Crippen LogP contribution in [-0.4, -0.2) is 69.5 Å². The highest BCUT2D eigenvalue weighted by atomic mass is 32.2. The minimum absolute atomic E-state index is 0.0214. The summed E-state index contributed by atoms with van der Waals surface area (Å²) in [6.45, 7) is 3.19. The number of nitrogens with zero attached hydrogens (tertiary/aromatic N) is 2. The number of amides is 2. The Kier molecular flexibility index (Phi) is 8.28. The van der Waals surface area contributed by atoms with E-state index < -0.39 is 21.8 Å². The number of hydrogen-bond donors (Lipinski definition) is 3. The van der Waals surface area contributed by atoms with E-state index in [9.17, 15) is 18.0 Å². The first-order valence-corrected chi connectivity index (χ1v) is 11.8. The fraction of sp³-hybridized carbons (Fsp3) is 0.381. The fourth-order valence-corrected chi connectivity index (χ4v) is 3.95. The van der Waals surface area contributed by atoms with Gasteiger partial charge in [-0.3, -0.25) is 19.5 Å². The molecule has 0 bridgehead atoms. The molecule has 32 heavy (non-hydrogen) atoms. The SMILES string of the molecule is NS(=O)(=O)c1ccc(CCNC(=O)C(=O)NCC(c2cccnc2)N2CCOCC2)cc1. The smallest absolute Gasteiger partial charge is 0.309 e. The van der Waals surface area contributed by atoms with E-state index in [-0.39, 0.29) is 24.0 Å². The lowest BCUT2D eigenvalue weighted by molar-refractivity contribution is -0.139. The Morgan fingerprint density at radius 1 is 1.09 bits per heavy atom. The number of sulfonamides is 1. The van der Waals surface area contributed by atoms with Gasteiger partial charge in [0.2, 0.25) is 10.0 Å². The molecule has 1 fully saturated rings. The highest BCUT2D eigenvalue weighted by Gasteiger charge is 2.24. The van der Waals surface area contributed by atoms with Crippen LogP contribution < -0.4 is 15.8 Å². The van der Waals surface area contributed by atoms with Crippen LogP contribution >= 0.6 is 0 Å². The third kappa shape index (κ3) is 6.82. The Morgan fingerprint density at radius 2 is 1.78 bits per heavy atom. The quantitative estimate of drug-likeness (QED) is 0.453. The Balaban J connectivity index is 1.49. The molecule has 10 nitrogen and oxygen atoms in total. The fourth-order valence-electron chi connectivity index (χ4n) is 3.44. The molecule has 2 aromatic rings. The monoisotopic (exact) mass is 461 g/mol. The molecule has 1 atom stereocenters. The molecule has 1 aliphatic heterocycles. The largest absolute Gasteiger partial charge is 0.379 e. The van der Waals surface area contributed by atoms with Crippen molar-refractivity contribution >= 4 is 21.8 Å². The molecule has 1 aromatic carbocycles. The van der Waals surface area contributed by atoms with Crippen LogP contribution in [0.2, 0.25) is 0 Å². The van der Waals surface area contributed by atoms with Crippen molar-refractivity contribution in [2.24, 2.45) is 5.14 Å². The van der Waals surface area contributed by atoms with Gasteiger partial charge in [0.15, 0.2) is 0 Å². The number of carbonyl (C=O) groups excluding carboxylic acids is 2. The second-order valence-corrected chi connectivity index (χ2v) is 8.92. The van der Waals surface area contributed by atoms with E-state index in [0.29, 0.717) is 19.6 Å². The summed E-state index contributed by atoms with van der Waals surface area (Å²) in [7, 11) is -3.74. The lowest BCUT2D eigenvalue weighted by atomic mass is 10.1. The van der Waals surface area contributed by atoms with E-state index in [1.807, 2.05) is 12.1 Å². The predicted octanol–water partition coefficient (Wildman–Crippen LogP) is -0.423. The first-order valence-electron chi connectivity index (χ1n) is 10.2. The molecule has 0 saturated carbocycles. The van der Waals surface area contributed by atoms with Gasteiger partial charge in [0.05, 0.1) is 24.2 Å². The molecule has 1 aromatic heterocycles. The molecule has 1 aliphatic rings. The molecular formula is C21H27N5O5S.